The molecular formula is C17H17Cl2N5O. The fourth-order valence-corrected chi connectivity index (χ4v) is 3.16. The maximum atomic E-state index is 12.3. The minimum absolute atomic E-state index is 0.124. The summed E-state index contributed by atoms with van der Waals surface area (Å²) in [7, 11) is 1.80. The third kappa shape index (κ3) is 3.70. The lowest BCUT2D eigenvalue weighted by molar-refractivity contribution is -0.115. The molecule has 0 aliphatic heterocycles. The van der Waals surface area contributed by atoms with Crippen LogP contribution in [0.15, 0.2) is 30.6 Å². The molecule has 0 unspecified atom stereocenters. The van der Waals surface area contributed by atoms with E-state index in [-0.39, 0.29) is 12.3 Å². The number of nitrogens with zero attached hydrogens (tertiary/aromatic N) is 4. The molecule has 3 rings (SSSR count). The summed E-state index contributed by atoms with van der Waals surface area (Å²) in [5, 5.41) is 12.5. The Morgan fingerprint density at radius 1 is 1.28 bits per heavy atom. The molecule has 1 amide bonds. The highest BCUT2D eigenvalue weighted by Gasteiger charge is 2.17. The Hall–Kier alpha value is -2.31. The molecule has 1 aromatic carbocycles. The van der Waals surface area contributed by atoms with E-state index in [9.17, 15) is 4.79 Å². The van der Waals surface area contributed by atoms with Crippen molar-refractivity contribution in [3.05, 3.63) is 57.6 Å². The average Bonchev–Trinajstić information content (AvgIpc) is 3.05. The maximum Gasteiger partial charge on any atom is 0.229 e. The van der Waals surface area contributed by atoms with Crippen molar-refractivity contribution >= 4 is 34.8 Å². The zero-order valence-electron chi connectivity index (χ0n) is 14.0. The van der Waals surface area contributed by atoms with Crippen molar-refractivity contribution in [3.8, 4) is 5.69 Å². The summed E-state index contributed by atoms with van der Waals surface area (Å²) in [6.07, 6.45) is 3.57. The van der Waals surface area contributed by atoms with E-state index in [2.05, 4.69) is 15.5 Å². The van der Waals surface area contributed by atoms with Gasteiger partial charge in [0.2, 0.25) is 5.91 Å². The molecule has 3 aromatic rings. The van der Waals surface area contributed by atoms with Gasteiger partial charge in [-0.05, 0) is 32.0 Å². The van der Waals surface area contributed by atoms with E-state index < -0.39 is 0 Å². The predicted octanol–water partition coefficient (Wildman–Crippen LogP) is 3.71. The molecule has 2 heterocycles. The highest BCUT2D eigenvalue weighted by molar-refractivity contribution is 6.35. The van der Waals surface area contributed by atoms with E-state index >= 15 is 0 Å². The highest BCUT2D eigenvalue weighted by Crippen LogP contribution is 2.27. The summed E-state index contributed by atoms with van der Waals surface area (Å²) < 4.78 is 3.37. The number of hydrogen-bond acceptors (Lipinski definition) is 3. The first-order valence-electron chi connectivity index (χ1n) is 7.64. The number of carbonyl (C=O) groups excluding carboxylic acids is 1. The van der Waals surface area contributed by atoms with E-state index in [0.717, 1.165) is 22.6 Å². The molecule has 0 radical (unpaired) electrons. The monoisotopic (exact) mass is 377 g/mol. The van der Waals surface area contributed by atoms with Crippen LogP contribution in [0.3, 0.4) is 0 Å². The molecule has 0 aliphatic rings. The summed E-state index contributed by atoms with van der Waals surface area (Å²) in [6.45, 7) is 3.79. The van der Waals surface area contributed by atoms with Crippen LogP contribution >= 0.6 is 23.2 Å². The lowest BCUT2D eigenvalue weighted by Gasteiger charge is -2.08. The van der Waals surface area contributed by atoms with Crippen molar-refractivity contribution in [2.45, 2.75) is 20.3 Å². The Kier molecular flexibility index (Phi) is 4.83. The molecule has 25 heavy (non-hydrogen) atoms. The van der Waals surface area contributed by atoms with E-state index in [1.54, 1.807) is 40.9 Å². The Bertz CT molecular complexity index is 945. The van der Waals surface area contributed by atoms with Crippen molar-refractivity contribution in [1.29, 1.82) is 0 Å². The minimum atomic E-state index is -0.124. The quantitative estimate of drug-likeness (QED) is 0.753. The molecule has 2 aromatic heterocycles. The fourth-order valence-electron chi connectivity index (χ4n) is 2.67. The second kappa shape index (κ2) is 6.90. The first kappa shape index (κ1) is 17.5. The largest absolute Gasteiger partial charge is 0.323 e. The number of halogens is 2. The van der Waals surface area contributed by atoms with E-state index in [4.69, 9.17) is 23.2 Å². The van der Waals surface area contributed by atoms with Gasteiger partial charge in [-0.2, -0.15) is 10.2 Å². The van der Waals surface area contributed by atoms with Crippen molar-refractivity contribution in [1.82, 2.24) is 19.6 Å². The van der Waals surface area contributed by atoms with Gasteiger partial charge in [-0.3, -0.25) is 9.48 Å². The van der Waals surface area contributed by atoms with E-state index in [1.807, 2.05) is 19.9 Å². The standard InChI is InChI=1S/C17H17Cl2N5O/c1-10-14(7-17(25)21-13-8-20-23(3)9-13)11(2)24(22-10)16-5-4-12(18)6-15(16)19/h4-6,8-9H,7H2,1-3H3,(H,21,25). The second-order valence-corrected chi connectivity index (χ2v) is 6.63. The van der Waals surface area contributed by atoms with Gasteiger partial charge in [0, 0.05) is 29.5 Å². The van der Waals surface area contributed by atoms with E-state index in [0.29, 0.717) is 15.7 Å². The molecular weight excluding hydrogens is 361 g/mol. The number of benzene rings is 1. The zero-order valence-corrected chi connectivity index (χ0v) is 15.6. The number of hydrogen-bond donors (Lipinski definition) is 1. The van der Waals surface area contributed by atoms with Gasteiger partial charge in [0.1, 0.15) is 0 Å². The predicted molar refractivity (Wildman–Crippen MR) is 98.6 cm³/mol. The number of anilines is 1. The first-order chi connectivity index (χ1) is 11.8. The smallest absolute Gasteiger partial charge is 0.229 e. The average molecular weight is 378 g/mol. The Balaban J connectivity index is 1.85. The van der Waals surface area contributed by atoms with Gasteiger partial charge >= 0.3 is 0 Å². The van der Waals surface area contributed by atoms with Crippen LogP contribution in [0, 0.1) is 13.8 Å². The SMILES string of the molecule is Cc1nn(-c2ccc(Cl)cc2Cl)c(C)c1CC(=O)Nc1cnn(C)c1. The Labute approximate surface area is 155 Å². The minimum Gasteiger partial charge on any atom is -0.323 e. The highest BCUT2D eigenvalue weighted by atomic mass is 35.5. The summed E-state index contributed by atoms with van der Waals surface area (Å²) in [5.41, 5.74) is 3.90. The molecule has 0 bridgehead atoms. The molecule has 130 valence electrons. The molecule has 0 atom stereocenters. The summed E-state index contributed by atoms with van der Waals surface area (Å²) >= 11 is 12.2. The third-order valence-corrected chi connectivity index (χ3v) is 4.44. The lowest BCUT2D eigenvalue weighted by atomic mass is 10.1. The summed E-state index contributed by atoms with van der Waals surface area (Å²) in [6, 6.07) is 5.24. The molecule has 0 fully saturated rings. The Morgan fingerprint density at radius 2 is 2.04 bits per heavy atom. The molecule has 8 heteroatoms. The zero-order chi connectivity index (χ0) is 18.1. The van der Waals surface area contributed by atoms with Crippen LogP contribution in [-0.2, 0) is 18.3 Å². The molecule has 0 saturated heterocycles. The topological polar surface area (TPSA) is 64.7 Å². The number of aromatic nitrogens is 4. The summed E-state index contributed by atoms with van der Waals surface area (Å²) in [4.78, 5) is 12.3. The van der Waals surface area contributed by atoms with Crippen LogP contribution in [-0.4, -0.2) is 25.5 Å². The maximum absolute atomic E-state index is 12.3. The Morgan fingerprint density at radius 3 is 2.68 bits per heavy atom. The number of nitrogens with one attached hydrogen (secondary N) is 1. The van der Waals surface area contributed by atoms with Crippen LogP contribution in [0.1, 0.15) is 17.0 Å². The van der Waals surface area contributed by atoms with Gasteiger partial charge in [0.15, 0.2) is 0 Å². The summed E-state index contributed by atoms with van der Waals surface area (Å²) in [5.74, 6) is -0.124. The molecule has 0 spiro atoms. The van der Waals surface area contributed by atoms with Crippen LogP contribution in [0.2, 0.25) is 10.0 Å². The van der Waals surface area contributed by atoms with E-state index in [1.165, 1.54) is 0 Å². The molecule has 0 saturated carbocycles. The van der Waals surface area contributed by atoms with Crippen LogP contribution < -0.4 is 5.32 Å². The van der Waals surface area contributed by atoms with Gasteiger partial charge in [-0.1, -0.05) is 23.2 Å². The number of amides is 1. The van der Waals surface area contributed by atoms with Crippen molar-refractivity contribution < 1.29 is 4.79 Å². The van der Waals surface area contributed by atoms with Gasteiger partial charge in [0.05, 0.1) is 34.7 Å². The van der Waals surface area contributed by atoms with Crippen molar-refractivity contribution in [2.24, 2.45) is 7.05 Å². The third-order valence-electron chi connectivity index (χ3n) is 3.91. The number of aryl methyl sites for hydroxylation is 2. The molecule has 1 N–H and O–H groups in total. The van der Waals surface area contributed by atoms with Crippen LogP contribution in [0.5, 0.6) is 0 Å². The van der Waals surface area contributed by atoms with Crippen molar-refractivity contribution in [3.63, 3.8) is 0 Å². The first-order valence-corrected chi connectivity index (χ1v) is 8.39. The van der Waals surface area contributed by atoms with Gasteiger partial charge in [-0.15, -0.1) is 0 Å². The lowest BCUT2D eigenvalue weighted by Crippen LogP contribution is -2.15. The number of rotatable bonds is 4. The van der Waals surface area contributed by atoms with Gasteiger partial charge in [-0.25, -0.2) is 4.68 Å². The number of carbonyl (C=O) groups is 1. The molecule has 0 aliphatic carbocycles. The fraction of sp³-hybridized carbons (Fsp3) is 0.235. The van der Waals surface area contributed by atoms with Crippen molar-refractivity contribution in [2.75, 3.05) is 5.32 Å². The normalized spacial score (nSPS) is 10.9. The van der Waals surface area contributed by atoms with Gasteiger partial charge < -0.3 is 5.32 Å². The second-order valence-electron chi connectivity index (χ2n) is 5.78. The van der Waals surface area contributed by atoms with Crippen LogP contribution in [0.4, 0.5) is 5.69 Å². The van der Waals surface area contributed by atoms with Crippen LogP contribution in [0.25, 0.3) is 5.69 Å². The van der Waals surface area contributed by atoms with Gasteiger partial charge in [0.25, 0.3) is 0 Å². The molecule has 6 nitrogen and oxygen atoms in total.